The summed E-state index contributed by atoms with van der Waals surface area (Å²) in [4.78, 5) is 11.4. The fourth-order valence-corrected chi connectivity index (χ4v) is 3.01. The highest BCUT2D eigenvalue weighted by atomic mass is 16.3. The van der Waals surface area contributed by atoms with E-state index in [1.54, 1.807) is 6.08 Å². The third-order valence-electron chi connectivity index (χ3n) is 3.86. The first-order valence-corrected chi connectivity index (χ1v) is 5.72. The second-order valence-corrected chi connectivity index (χ2v) is 4.69. The van der Waals surface area contributed by atoms with Crippen LogP contribution in [0.15, 0.2) is 24.3 Å². The number of fused-ring (bicyclic) bond motifs is 1. The molecule has 82 valence electrons. The van der Waals surface area contributed by atoms with Crippen molar-refractivity contribution in [1.82, 2.24) is 0 Å². The summed E-state index contributed by atoms with van der Waals surface area (Å²) in [5, 5.41) is 10.2. The van der Waals surface area contributed by atoms with Crippen LogP contribution in [0.4, 0.5) is 0 Å². The molecule has 0 aromatic rings. The number of ketones is 1. The predicted octanol–water partition coefficient (Wildman–Crippen LogP) is 2.38. The van der Waals surface area contributed by atoms with Crippen LogP contribution in [0.1, 0.15) is 38.5 Å². The van der Waals surface area contributed by atoms with Crippen molar-refractivity contribution in [1.29, 1.82) is 0 Å². The average Bonchev–Trinajstić information content (AvgIpc) is 2.21. The number of hydrogen-bond acceptors (Lipinski definition) is 2. The van der Waals surface area contributed by atoms with Gasteiger partial charge in [0.2, 0.25) is 0 Å². The highest BCUT2D eigenvalue weighted by molar-refractivity contribution is 5.91. The molecule has 0 heterocycles. The topological polar surface area (TPSA) is 37.3 Å². The fraction of sp³-hybridized carbons (Fsp3) is 0.615. The number of rotatable bonds is 2. The van der Waals surface area contributed by atoms with Gasteiger partial charge in [0.25, 0.3) is 0 Å². The van der Waals surface area contributed by atoms with Crippen molar-refractivity contribution < 1.29 is 9.90 Å². The van der Waals surface area contributed by atoms with Crippen LogP contribution in [-0.2, 0) is 4.79 Å². The number of carbonyl (C=O) groups is 1. The molecule has 2 atom stereocenters. The summed E-state index contributed by atoms with van der Waals surface area (Å²) in [5.74, 6) is 0.221. The highest BCUT2D eigenvalue weighted by Crippen LogP contribution is 2.49. The van der Waals surface area contributed by atoms with Gasteiger partial charge in [-0.15, -0.1) is 6.58 Å². The van der Waals surface area contributed by atoms with Crippen molar-refractivity contribution in [3.8, 4) is 0 Å². The fourth-order valence-electron chi connectivity index (χ4n) is 3.01. The lowest BCUT2D eigenvalue weighted by Gasteiger charge is -2.45. The van der Waals surface area contributed by atoms with Gasteiger partial charge in [0.05, 0.1) is 6.10 Å². The SMILES string of the molecule is C=CC[C@@]12CCC(=O)C=C1CCC[C@H]2O. The highest BCUT2D eigenvalue weighted by Gasteiger charge is 2.44. The van der Waals surface area contributed by atoms with Crippen molar-refractivity contribution in [2.24, 2.45) is 5.41 Å². The summed E-state index contributed by atoms with van der Waals surface area (Å²) in [6.45, 7) is 3.77. The molecule has 1 N–H and O–H groups in total. The lowest BCUT2D eigenvalue weighted by molar-refractivity contribution is -0.116. The molecule has 0 unspecified atom stereocenters. The van der Waals surface area contributed by atoms with E-state index in [1.807, 2.05) is 6.08 Å². The van der Waals surface area contributed by atoms with Crippen LogP contribution < -0.4 is 0 Å². The Morgan fingerprint density at radius 1 is 1.60 bits per heavy atom. The Labute approximate surface area is 90.7 Å². The maximum atomic E-state index is 11.4. The van der Waals surface area contributed by atoms with E-state index in [4.69, 9.17) is 0 Å². The Hall–Kier alpha value is -0.890. The van der Waals surface area contributed by atoms with Crippen molar-refractivity contribution >= 4 is 5.78 Å². The van der Waals surface area contributed by atoms with Gasteiger partial charge in [-0.2, -0.15) is 0 Å². The predicted molar refractivity (Wildman–Crippen MR) is 59.4 cm³/mol. The van der Waals surface area contributed by atoms with Gasteiger partial charge in [-0.1, -0.05) is 11.6 Å². The normalized spacial score (nSPS) is 35.7. The van der Waals surface area contributed by atoms with Crippen LogP contribution in [0.3, 0.4) is 0 Å². The largest absolute Gasteiger partial charge is 0.392 e. The van der Waals surface area contributed by atoms with Crippen LogP contribution in [0, 0.1) is 5.41 Å². The first kappa shape index (κ1) is 10.6. The van der Waals surface area contributed by atoms with E-state index in [9.17, 15) is 9.90 Å². The lowest BCUT2D eigenvalue weighted by atomic mass is 9.61. The molecule has 2 rings (SSSR count). The Morgan fingerprint density at radius 3 is 3.13 bits per heavy atom. The van der Waals surface area contributed by atoms with Crippen molar-refractivity contribution in [2.75, 3.05) is 0 Å². The van der Waals surface area contributed by atoms with Gasteiger partial charge in [-0.3, -0.25) is 4.79 Å². The zero-order valence-electron chi connectivity index (χ0n) is 9.04. The minimum absolute atomic E-state index is 0.159. The molecule has 2 nitrogen and oxygen atoms in total. The second kappa shape index (κ2) is 3.93. The van der Waals surface area contributed by atoms with Gasteiger partial charge in [-0.25, -0.2) is 0 Å². The number of carbonyl (C=O) groups excluding carboxylic acids is 1. The molecule has 0 radical (unpaired) electrons. The third-order valence-corrected chi connectivity index (χ3v) is 3.86. The summed E-state index contributed by atoms with van der Waals surface area (Å²) < 4.78 is 0. The van der Waals surface area contributed by atoms with E-state index in [1.165, 1.54) is 0 Å². The second-order valence-electron chi connectivity index (χ2n) is 4.69. The summed E-state index contributed by atoms with van der Waals surface area (Å²) in [5.41, 5.74) is 1.01. The molecule has 1 saturated carbocycles. The summed E-state index contributed by atoms with van der Waals surface area (Å²) in [7, 11) is 0. The van der Waals surface area contributed by atoms with Gasteiger partial charge in [0, 0.05) is 11.8 Å². The number of aliphatic hydroxyl groups excluding tert-OH is 1. The molecule has 2 heteroatoms. The molecule has 0 aromatic heterocycles. The summed E-state index contributed by atoms with van der Waals surface area (Å²) >= 11 is 0. The molecule has 0 saturated heterocycles. The Balaban J connectivity index is 2.37. The minimum atomic E-state index is -0.288. The Kier molecular flexibility index (Phi) is 2.79. The average molecular weight is 206 g/mol. The standard InChI is InChI=1S/C13H18O2/c1-2-7-13-8-6-11(14)9-10(13)4-3-5-12(13)15/h2,9,12,15H,1,3-8H2/t12-,13-/m1/s1. The van der Waals surface area contributed by atoms with Crippen molar-refractivity contribution in [3.05, 3.63) is 24.3 Å². The minimum Gasteiger partial charge on any atom is -0.392 e. The van der Waals surface area contributed by atoms with Crippen LogP contribution >= 0.6 is 0 Å². The molecule has 0 amide bonds. The summed E-state index contributed by atoms with van der Waals surface area (Å²) in [6.07, 6.45) is 8.36. The van der Waals surface area contributed by atoms with Crippen LogP contribution in [0.25, 0.3) is 0 Å². The Morgan fingerprint density at radius 2 is 2.40 bits per heavy atom. The monoisotopic (exact) mass is 206 g/mol. The lowest BCUT2D eigenvalue weighted by Crippen LogP contribution is -2.42. The quantitative estimate of drug-likeness (QED) is 0.704. The molecule has 2 aliphatic rings. The van der Waals surface area contributed by atoms with Gasteiger partial charge >= 0.3 is 0 Å². The van der Waals surface area contributed by atoms with Gasteiger partial charge in [0.1, 0.15) is 0 Å². The molecule has 15 heavy (non-hydrogen) atoms. The van der Waals surface area contributed by atoms with E-state index in [0.29, 0.717) is 6.42 Å². The van der Waals surface area contributed by atoms with Crippen LogP contribution in [0.2, 0.25) is 0 Å². The molecular formula is C13H18O2. The van der Waals surface area contributed by atoms with E-state index < -0.39 is 0 Å². The molecule has 0 aromatic carbocycles. The van der Waals surface area contributed by atoms with E-state index in [2.05, 4.69) is 6.58 Å². The first-order chi connectivity index (χ1) is 7.19. The maximum absolute atomic E-state index is 11.4. The third kappa shape index (κ3) is 1.67. The molecule has 0 bridgehead atoms. The van der Waals surface area contributed by atoms with Gasteiger partial charge < -0.3 is 5.11 Å². The summed E-state index contributed by atoms with van der Waals surface area (Å²) in [6, 6.07) is 0. The van der Waals surface area contributed by atoms with Crippen LogP contribution in [-0.4, -0.2) is 17.0 Å². The van der Waals surface area contributed by atoms with Gasteiger partial charge in [0.15, 0.2) is 5.78 Å². The molecule has 0 aliphatic heterocycles. The molecular weight excluding hydrogens is 188 g/mol. The maximum Gasteiger partial charge on any atom is 0.155 e. The first-order valence-electron chi connectivity index (χ1n) is 5.72. The van der Waals surface area contributed by atoms with E-state index in [0.717, 1.165) is 37.7 Å². The zero-order valence-corrected chi connectivity index (χ0v) is 9.04. The van der Waals surface area contributed by atoms with Crippen LogP contribution in [0.5, 0.6) is 0 Å². The molecule has 2 aliphatic carbocycles. The van der Waals surface area contributed by atoms with Crippen molar-refractivity contribution in [3.63, 3.8) is 0 Å². The molecule has 0 spiro atoms. The molecule has 1 fully saturated rings. The zero-order chi connectivity index (χ0) is 10.9. The van der Waals surface area contributed by atoms with Crippen molar-refractivity contribution in [2.45, 2.75) is 44.6 Å². The smallest absolute Gasteiger partial charge is 0.155 e. The Bertz CT molecular complexity index is 316. The number of allylic oxidation sites excluding steroid dienone is 2. The number of hydrogen-bond donors (Lipinski definition) is 1. The van der Waals surface area contributed by atoms with E-state index >= 15 is 0 Å². The van der Waals surface area contributed by atoms with Gasteiger partial charge in [-0.05, 0) is 38.2 Å². The van der Waals surface area contributed by atoms with E-state index in [-0.39, 0.29) is 17.3 Å². The number of aliphatic hydroxyl groups is 1.